The number of amides is 1. The van der Waals surface area contributed by atoms with Crippen LogP contribution in [-0.4, -0.2) is 38.7 Å². The van der Waals surface area contributed by atoms with E-state index < -0.39 is 0 Å². The van der Waals surface area contributed by atoms with Gasteiger partial charge in [-0.1, -0.05) is 67.2 Å². The van der Waals surface area contributed by atoms with Gasteiger partial charge in [-0.3, -0.25) is 9.36 Å². The highest BCUT2D eigenvalue weighted by atomic mass is 32.2. The maximum absolute atomic E-state index is 12.9. The fourth-order valence-corrected chi connectivity index (χ4v) is 4.83. The van der Waals surface area contributed by atoms with Crippen molar-refractivity contribution in [2.75, 3.05) is 12.3 Å². The molecule has 1 amide bonds. The molecule has 0 N–H and O–H groups in total. The number of likely N-dealkylation sites (tertiary alicyclic amines) is 1. The van der Waals surface area contributed by atoms with Crippen molar-refractivity contribution in [3.63, 3.8) is 0 Å². The van der Waals surface area contributed by atoms with Crippen molar-refractivity contribution >= 4 is 17.7 Å². The number of rotatable bonds is 6. The van der Waals surface area contributed by atoms with E-state index in [0.717, 1.165) is 47.9 Å². The third-order valence-corrected chi connectivity index (χ3v) is 6.46. The molecule has 0 radical (unpaired) electrons. The molecule has 1 aliphatic heterocycles. The summed E-state index contributed by atoms with van der Waals surface area (Å²) in [6.45, 7) is 3.07. The van der Waals surface area contributed by atoms with Crippen LogP contribution < -0.4 is 0 Å². The van der Waals surface area contributed by atoms with E-state index in [2.05, 4.69) is 46.9 Å². The minimum Gasteiger partial charge on any atom is -0.339 e. The molecule has 5 heteroatoms. The van der Waals surface area contributed by atoms with Gasteiger partial charge in [-0.15, -0.1) is 0 Å². The number of imidazole rings is 1. The Balaban J connectivity index is 1.57. The summed E-state index contributed by atoms with van der Waals surface area (Å²) in [5.41, 5.74) is 3.06. The van der Waals surface area contributed by atoms with Crippen LogP contribution in [0.1, 0.15) is 32.6 Å². The number of para-hydroxylation sites is 1. The molecule has 1 aliphatic rings. The second-order valence-electron chi connectivity index (χ2n) is 7.41. The third kappa shape index (κ3) is 4.56. The summed E-state index contributed by atoms with van der Waals surface area (Å²) < 4.78 is 2.09. The molecule has 150 valence electrons. The fourth-order valence-electron chi connectivity index (χ4n) is 3.95. The first-order valence-corrected chi connectivity index (χ1v) is 11.4. The molecule has 1 unspecified atom stereocenters. The summed E-state index contributed by atoms with van der Waals surface area (Å²) in [5.74, 6) is 0.652. The lowest BCUT2D eigenvalue weighted by Crippen LogP contribution is -2.44. The van der Waals surface area contributed by atoms with Crippen molar-refractivity contribution in [3.05, 3.63) is 66.9 Å². The first kappa shape index (κ1) is 19.8. The van der Waals surface area contributed by atoms with Crippen LogP contribution in [0.3, 0.4) is 0 Å². The van der Waals surface area contributed by atoms with E-state index in [9.17, 15) is 4.79 Å². The van der Waals surface area contributed by atoms with Crippen LogP contribution in [0.15, 0.2) is 72.0 Å². The van der Waals surface area contributed by atoms with Crippen molar-refractivity contribution < 1.29 is 4.79 Å². The predicted molar refractivity (Wildman–Crippen MR) is 119 cm³/mol. The number of hydrogen-bond acceptors (Lipinski definition) is 3. The van der Waals surface area contributed by atoms with Gasteiger partial charge < -0.3 is 4.90 Å². The first-order chi connectivity index (χ1) is 14.3. The molecule has 0 spiro atoms. The van der Waals surface area contributed by atoms with Crippen molar-refractivity contribution in [3.8, 4) is 16.9 Å². The number of piperidine rings is 1. The lowest BCUT2D eigenvalue weighted by Gasteiger charge is -2.35. The summed E-state index contributed by atoms with van der Waals surface area (Å²) in [4.78, 5) is 19.9. The van der Waals surface area contributed by atoms with Crippen LogP contribution in [0.5, 0.6) is 0 Å². The highest BCUT2D eigenvalue weighted by Gasteiger charge is 2.25. The molecule has 0 saturated carbocycles. The van der Waals surface area contributed by atoms with Crippen LogP contribution in [0, 0.1) is 0 Å². The molecular weight excluding hydrogens is 378 g/mol. The second kappa shape index (κ2) is 9.31. The molecule has 4 rings (SSSR count). The molecule has 1 fully saturated rings. The minimum absolute atomic E-state index is 0.227. The largest absolute Gasteiger partial charge is 0.339 e. The molecule has 0 bridgehead atoms. The SMILES string of the molecule is CCC1CCCCN1C(=O)CSc1nc(-c2ccccc2)cn1-c1ccccc1. The topological polar surface area (TPSA) is 38.1 Å². The van der Waals surface area contributed by atoms with E-state index in [4.69, 9.17) is 4.98 Å². The molecule has 4 nitrogen and oxygen atoms in total. The maximum atomic E-state index is 12.9. The van der Waals surface area contributed by atoms with Gasteiger partial charge >= 0.3 is 0 Å². The Labute approximate surface area is 177 Å². The fraction of sp³-hybridized carbons (Fsp3) is 0.333. The monoisotopic (exact) mass is 405 g/mol. The number of aromatic nitrogens is 2. The van der Waals surface area contributed by atoms with Crippen molar-refractivity contribution in [1.82, 2.24) is 14.5 Å². The second-order valence-corrected chi connectivity index (χ2v) is 8.36. The zero-order valence-corrected chi connectivity index (χ0v) is 17.6. The van der Waals surface area contributed by atoms with Crippen LogP contribution in [0.2, 0.25) is 0 Å². The number of hydrogen-bond donors (Lipinski definition) is 0. The average molecular weight is 406 g/mol. The third-order valence-electron chi connectivity index (χ3n) is 5.52. The van der Waals surface area contributed by atoms with Gasteiger partial charge in [0.2, 0.25) is 5.91 Å². The van der Waals surface area contributed by atoms with Crippen molar-refractivity contribution in [1.29, 1.82) is 0 Å². The Morgan fingerprint density at radius 3 is 2.52 bits per heavy atom. The van der Waals surface area contributed by atoms with E-state index >= 15 is 0 Å². The average Bonchev–Trinajstić information content (AvgIpc) is 3.23. The van der Waals surface area contributed by atoms with Gasteiger partial charge in [0.05, 0.1) is 11.4 Å². The predicted octanol–water partition coefficient (Wildman–Crippen LogP) is 5.42. The van der Waals surface area contributed by atoms with Gasteiger partial charge in [0.1, 0.15) is 0 Å². The summed E-state index contributed by atoms with van der Waals surface area (Å²) in [6, 6.07) is 20.8. The number of thioether (sulfide) groups is 1. The Bertz CT molecular complexity index is 939. The molecule has 1 aromatic heterocycles. The highest BCUT2D eigenvalue weighted by molar-refractivity contribution is 7.99. The van der Waals surface area contributed by atoms with E-state index in [0.29, 0.717) is 11.8 Å². The van der Waals surface area contributed by atoms with Crippen LogP contribution in [0.4, 0.5) is 0 Å². The number of carbonyl (C=O) groups is 1. The molecule has 2 aromatic carbocycles. The van der Waals surface area contributed by atoms with Crippen LogP contribution in [0.25, 0.3) is 16.9 Å². The summed E-state index contributed by atoms with van der Waals surface area (Å²) >= 11 is 1.53. The Hall–Kier alpha value is -2.53. The molecule has 0 aliphatic carbocycles. The molecule has 1 saturated heterocycles. The lowest BCUT2D eigenvalue weighted by molar-refractivity contribution is -0.132. The minimum atomic E-state index is 0.227. The highest BCUT2D eigenvalue weighted by Crippen LogP contribution is 2.28. The number of nitrogens with zero attached hydrogens (tertiary/aromatic N) is 3. The zero-order chi connectivity index (χ0) is 20.1. The number of carbonyl (C=O) groups excluding carboxylic acids is 1. The van der Waals surface area contributed by atoms with Gasteiger partial charge in [0.25, 0.3) is 0 Å². The van der Waals surface area contributed by atoms with Crippen LogP contribution >= 0.6 is 11.8 Å². The molecule has 29 heavy (non-hydrogen) atoms. The molecule has 3 aromatic rings. The van der Waals surface area contributed by atoms with E-state index in [1.54, 1.807) is 0 Å². The van der Waals surface area contributed by atoms with E-state index in [1.807, 2.05) is 36.4 Å². The van der Waals surface area contributed by atoms with Crippen molar-refractivity contribution in [2.45, 2.75) is 43.8 Å². The Morgan fingerprint density at radius 1 is 1.07 bits per heavy atom. The first-order valence-electron chi connectivity index (χ1n) is 10.4. The van der Waals surface area contributed by atoms with Gasteiger partial charge in [-0.05, 0) is 37.8 Å². The zero-order valence-electron chi connectivity index (χ0n) is 16.8. The van der Waals surface area contributed by atoms with E-state index in [1.165, 1.54) is 18.2 Å². The van der Waals surface area contributed by atoms with Gasteiger partial charge in [0.15, 0.2) is 5.16 Å². The summed E-state index contributed by atoms with van der Waals surface area (Å²) in [5, 5.41) is 0.855. The summed E-state index contributed by atoms with van der Waals surface area (Å²) in [7, 11) is 0. The van der Waals surface area contributed by atoms with Gasteiger partial charge in [-0.2, -0.15) is 0 Å². The quantitative estimate of drug-likeness (QED) is 0.514. The molecular formula is C24H27N3OS. The van der Waals surface area contributed by atoms with E-state index in [-0.39, 0.29) is 5.91 Å². The Morgan fingerprint density at radius 2 is 1.79 bits per heavy atom. The smallest absolute Gasteiger partial charge is 0.233 e. The van der Waals surface area contributed by atoms with Gasteiger partial charge in [-0.25, -0.2) is 4.98 Å². The molecule has 1 atom stereocenters. The number of benzene rings is 2. The summed E-state index contributed by atoms with van der Waals surface area (Å²) in [6.07, 6.45) is 6.57. The normalized spacial score (nSPS) is 16.7. The molecule has 2 heterocycles. The lowest BCUT2D eigenvalue weighted by atomic mass is 10.0. The van der Waals surface area contributed by atoms with Crippen LogP contribution in [-0.2, 0) is 4.79 Å². The standard InChI is InChI=1S/C24H27N3OS/c1-2-20-13-9-10-16-26(20)23(28)18-29-24-25-22(19-11-5-3-6-12-19)17-27(24)21-14-7-4-8-15-21/h3-8,11-12,14-15,17,20H,2,9-10,13,16,18H2,1H3. The Kier molecular flexibility index (Phi) is 6.35. The van der Waals surface area contributed by atoms with Crippen molar-refractivity contribution in [2.24, 2.45) is 0 Å². The maximum Gasteiger partial charge on any atom is 0.233 e. The van der Waals surface area contributed by atoms with Gasteiger partial charge in [0, 0.05) is 30.0 Å².